The third kappa shape index (κ3) is 1.76. The number of benzene rings is 1. The molecule has 0 atom stereocenters. The first-order valence-electron chi connectivity index (χ1n) is 4.09. The molecule has 15 heavy (non-hydrogen) atoms. The normalized spacial score (nSPS) is 10.5. The number of H-pyrrole nitrogens is 1. The number of halogens is 2. The third-order valence-corrected chi connectivity index (χ3v) is 2.76. The van der Waals surface area contributed by atoms with Gasteiger partial charge in [0, 0.05) is 10.9 Å². The average molecular weight is 242 g/mol. The molecule has 0 unspecified atom stereocenters. The van der Waals surface area contributed by atoms with E-state index in [2.05, 4.69) is 4.98 Å². The van der Waals surface area contributed by atoms with Crippen molar-refractivity contribution in [2.24, 2.45) is 0 Å². The maximum absolute atomic E-state index is 11.3. The fourth-order valence-corrected chi connectivity index (χ4v) is 1.64. The first-order chi connectivity index (χ1) is 7.11. The fraction of sp³-hybridized carbons (Fsp3) is 0. The van der Waals surface area contributed by atoms with Crippen molar-refractivity contribution in [3.63, 3.8) is 0 Å². The molecule has 0 radical (unpaired) electrons. The molecule has 1 N–H and O–H groups in total. The molecule has 0 fully saturated rings. The molecule has 0 saturated carbocycles. The number of nitrogens with one attached hydrogen (secondary N) is 1. The Morgan fingerprint density at radius 3 is 2.47 bits per heavy atom. The van der Waals surface area contributed by atoms with Gasteiger partial charge in [-0.1, -0.05) is 23.2 Å². The van der Waals surface area contributed by atoms with Crippen molar-refractivity contribution in [1.82, 2.24) is 4.98 Å². The topological polar surface area (TPSA) is 49.9 Å². The first kappa shape index (κ1) is 10.2. The molecule has 0 aliphatic carbocycles. The predicted octanol–water partition coefficient (Wildman–Crippen LogP) is 2.65. The second kappa shape index (κ2) is 3.68. The van der Waals surface area contributed by atoms with E-state index < -0.39 is 5.56 Å². The van der Waals surface area contributed by atoms with Crippen molar-refractivity contribution in [1.29, 1.82) is 0 Å². The fourth-order valence-electron chi connectivity index (χ4n) is 1.30. The van der Waals surface area contributed by atoms with Gasteiger partial charge in [0.15, 0.2) is 6.29 Å². The van der Waals surface area contributed by atoms with Gasteiger partial charge in [0.1, 0.15) is 0 Å². The molecule has 0 aliphatic rings. The van der Waals surface area contributed by atoms with Crippen LogP contribution in [0.4, 0.5) is 0 Å². The first-order valence-corrected chi connectivity index (χ1v) is 4.84. The molecule has 2 rings (SSSR count). The summed E-state index contributed by atoms with van der Waals surface area (Å²) in [4.78, 5) is 24.4. The summed E-state index contributed by atoms with van der Waals surface area (Å²) in [6.07, 6.45) is 0.501. The monoisotopic (exact) mass is 241 g/mol. The van der Waals surface area contributed by atoms with Crippen molar-refractivity contribution in [3.05, 3.63) is 44.2 Å². The molecule has 1 aromatic heterocycles. The molecular weight excluding hydrogens is 237 g/mol. The zero-order valence-electron chi connectivity index (χ0n) is 7.38. The van der Waals surface area contributed by atoms with Gasteiger partial charge in [0.05, 0.1) is 15.6 Å². The number of aromatic nitrogens is 1. The summed E-state index contributed by atoms with van der Waals surface area (Å²) in [6.45, 7) is 0. The van der Waals surface area contributed by atoms with Crippen LogP contribution in [-0.4, -0.2) is 11.3 Å². The lowest BCUT2D eigenvalue weighted by Gasteiger charge is -2.01. The minimum Gasteiger partial charge on any atom is -0.321 e. The van der Waals surface area contributed by atoms with Gasteiger partial charge in [0.25, 0.3) is 5.56 Å². The predicted molar refractivity (Wildman–Crippen MR) is 60.0 cm³/mol. The van der Waals surface area contributed by atoms with Crippen LogP contribution in [0.2, 0.25) is 10.0 Å². The maximum atomic E-state index is 11.3. The number of aromatic amines is 1. The molecule has 0 spiro atoms. The Balaban J connectivity index is 2.88. The lowest BCUT2D eigenvalue weighted by Crippen LogP contribution is -2.11. The van der Waals surface area contributed by atoms with Crippen LogP contribution < -0.4 is 5.56 Å². The number of fused-ring (bicyclic) bond motifs is 1. The minimum absolute atomic E-state index is 0.0703. The summed E-state index contributed by atoms with van der Waals surface area (Å²) in [5.74, 6) is 0. The number of carbonyl (C=O) groups excluding carboxylic acids is 1. The van der Waals surface area contributed by atoms with Crippen LogP contribution in [0.5, 0.6) is 0 Å². The van der Waals surface area contributed by atoms with Gasteiger partial charge in [-0.15, -0.1) is 0 Å². The SMILES string of the molecule is O=Cc1cc2cc(Cl)c(Cl)cc2[nH]c1=O. The molecule has 0 aliphatic heterocycles. The van der Waals surface area contributed by atoms with Gasteiger partial charge < -0.3 is 4.98 Å². The second-order valence-corrected chi connectivity index (χ2v) is 3.84. The molecule has 76 valence electrons. The molecule has 0 saturated heterocycles. The van der Waals surface area contributed by atoms with E-state index in [0.717, 1.165) is 0 Å². The van der Waals surface area contributed by atoms with Crippen molar-refractivity contribution >= 4 is 40.4 Å². The van der Waals surface area contributed by atoms with E-state index >= 15 is 0 Å². The van der Waals surface area contributed by atoms with Crippen molar-refractivity contribution < 1.29 is 4.79 Å². The number of pyridine rings is 1. The number of rotatable bonds is 1. The summed E-state index contributed by atoms with van der Waals surface area (Å²) in [7, 11) is 0. The van der Waals surface area contributed by atoms with Crippen molar-refractivity contribution in [2.45, 2.75) is 0 Å². The molecule has 0 bridgehead atoms. The number of carbonyl (C=O) groups is 1. The number of hydrogen-bond acceptors (Lipinski definition) is 2. The highest BCUT2D eigenvalue weighted by atomic mass is 35.5. The van der Waals surface area contributed by atoms with Gasteiger partial charge >= 0.3 is 0 Å². The zero-order valence-corrected chi connectivity index (χ0v) is 8.89. The van der Waals surface area contributed by atoms with Crippen LogP contribution >= 0.6 is 23.2 Å². The van der Waals surface area contributed by atoms with Gasteiger partial charge in [-0.2, -0.15) is 0 Å². The number of hydrogen-bond donors (Lipinski definition) is 1. The summed E-state index contributed by atoms with van der Waals surface area (Å²) in [6, 6.07) is 4.63. The van der Waals surface area contributed by atoms with Crippen molar-refractivity contribution in [2.75, 3.05) is 0 Å². The van der Waals surface area contributed by atoms with Crippen molar-refractivity contribution in [3.8, 4) is 0 Å². The van der Waals surface area contributed by atoms with Crippen LogP contribution in [0.25, 0.3) is 10.9 Å². The van der Waals surface area contributed by atoms with E-state index in [4.69, 9.17) is 23.2 Å². The third-order valence-electron chi connectivity index (χ3n) is 2.04. The van der Waals surface area contributed by atoms with Gasteiger partial charge in [0.2, 0.25) is 0 Å². The lowest BCUT2D eigenvalue weighted by molar-refractivity contribution is 0.112. The van der Waals surface area contributed by atoms with Crippen LogP contribution in [0.3, 0.4) is 0 Å². The molecule has 1 heterocycles. The van der Waals surface area contributed by atoms with E-state index in [1.165, 1.54) is 6.07 Å². The summed E-state index contributed by atoms with van der Waals surface area (Å²) in [5, 5.41) is 1.41. The summed E-state index contributed by atoms with van der Waals surface area (Å²) >= 11 is 11.6. The van der Waals surface area contributed by atoms with Gasteiger partial charge in [-0.05, 0) is 18.2 Å². The molecule has 2 aromatic rings. The van der Waals surface area contributed by atoms with E-state index in [9.17, 15) is 9.59 Å². The smallest absolute Gasteiger partial charge is 0.259 e. The highest BCUT2D eigenvalue weighted by Gasteiger charge is 2.05. The van der Waals surface area contributed by atoms with Crippen LogP contribution in [0, 0.1) is 0 Å². The highest BCUT2D eigenvalue weighted by Crippen LogP contribution is 2.26. The van der Waals surface area contributed by atoms with Gasteiger partial charge in [-0.3, -0.25) is 9.59 Å². The summed E-state index contributed by atoms with van der Waals surface area (Å²) in [5.41, 5.74) is 0.191. The molecule has 3 nitrogen and oxygen atoms in total. The highest BCUT2D eigenvalue weighted by molar-refractivity contribution is 6.42. The Labute approximate surface area is 94.6 Å². The quantitative estimate of drug-likeness (QED) is 0.781. The van der Waals surface area contributed by atoms with E-state index in [0.29, 0.717) is 27.2 Å². The van der Waals surface area contributed by atoms with E-state index in [-0.39, 0.29) is 5.56 Å². The van der Waals surface area contributed by atoms with Crippen LogP contribution in [-0.2, 0) is 0 Å². The average Bonchev–Trinajstić information content (AvgIpc) is 2.20. The van der Waals surface area contributed by atoms with Crippen LogP contribution in [0.15, 0.2) is 23.0 Å². The van der Waals surface area contributed by atoms with Crippen LogP contribution in [0.1, 0.15) is 10.4 Å². The Bertz CT molecular complexity index is 604. The second-order valence-electron chi connectivity index (χ2n) is 3.03. The minimum atomic E-state index is -0.434. The molecular formula is C10H5Cl2NO2. The largest absolute Gasteiger partial charge is 0.321 e. The number of aldehydes is 1. The Morgan fingerprint density at radius 1 is 1.13 bits per heavy atom. The summed E-state index contributed by atoms with van der Waals surface area (Å²) < 4.78 is 0. The molecule has 0 amide bonds. The van der Waals surface area contributed by atoms with E-state index in [1.807, 2.05) is 0 Å². The zero-order chi connectivity index (χ0) is 11.0. The molecule has 1 aromatic carbocycles. The van der Waals surface area contributed by atoms with Gasteiger partial charge in [-0.25, -0.2) is 0 Å². The van der Waals surface area contributed by atoms with E-state index in [1.54, 1.807) is 12.1 Å². The Kier molecular flexibility index (Phi) is 2.50. The standard InChI is InChI=1S/C10H5Cl2NO2/c11-7-2-5-1-6(4-14)10(15)13-9(5)3-8(7)12/h1-4H,(H,13,15). The molecule has 5 heteroatoms. The Hall–Kier alpha value is -1.32. The maximum Gasteiger partial charge on any atom is 0.259 e. The Morgan fingerprint density at radius 2 is 1.80 bits per heavy atom. The lowest BCUT2D eigenvalue weighted by atomic mass is 10.2.